The van der Waals surface area contributed by atoms with Crippen LogP contribution >= 0.6 is 0 Å². The van der Waals surface area contributed by atoms with Crippen LogP contribution in [0.15, 0.2) is 35.4 Å². The van der Waals surface area contributed by atoms with Crippen molar-refractivity contribution in [3.05, 3.63) is 52.2 Å². The minimum atomic E-state index is 0.163. The molecule has 0 aliphatic carbocycles. The Labute approximate surface area is 160 Å². The summed E-state index contributed by atoms with van der Waals surface area (Å²) in [6.07, 6.45) is 7.05. The molecule has 4 rings (SSSR count). The van der Waals surface area contributed by atoms with Gasteiger partial charge in [0.05, 0.1) is 0 Å². The fourth-order valence-electron chi connectivity index (χ4n) is 4.84. The Morgan fingerprint density at radius 3 is 2.74 bits per heavy atom. The maximum Gasteiger partial charge on any atom is 0.250 e. The summed E-state index contributed by atoms with van der Waals surface area (Å²) < 4.78 is 2.12. The third-order valence-electron chi connectivity index (χ3n) is 6.05. The van der Waals surface area contributed by atoms with Gasteiger partial charge in [0.15, 0.2) is 0 Å². The monoisotopic (exact) mass is 367 g/mol. The molecule has 1 saturated heterocycles. The van der Waals surface area contributed by atoms with Crippen LogP contribution in [0, 0.1) is 11.8 Å². The van der Waals surface area contributed by atoms with E-state index in [1.54, 1.807) is 6.07 Å². The molecule has 2 bridgehead atoms. The molecule has 1 fully saturated rings. The van der Waals surface area contributed by atoms with Gasteiger partial charge in [-0.05, 0) is 37.2 Å². The molecule has 2 N–H and O–H groups in total. The predicted octanol–water partition coefficient (Wildman–Crippen LogP) is 2.82. The number of aromatic nitrogens is 3. The summed E-state index contributed by atoms with van der Waals surface area (Å²) in [5.74, 6) is 1.90. The maximum absolute atomic E-state index is 12.7. The fraction of sp³-hybridized carbons (Fsp3) is 0.571. The molecule has 2 aliphatic rings. The first-order valence-corrected chi connectivity index (χ1v) is 10.0. The van der Waals surface area contributed by atoms with E-state index in [-0.39, 0.29) is 5.56 Å². The molecular formula is C21H29N5O. The molecule has 2 aromatic heterocycles. The number of fused-ring (bicyclic) bond motifs is 4. The highest BCUT2D eigenvalue weighted by Crippen LogP contribution is 2.43. The van der Waals surface area contributed by atoms with Gasteiger partial charge in [-0.3, -0.25) is 9.69 Å². The van der Waals surface area contributed by atoms with Crippen LogP contribution < -0.4 is 11.3 Å². The zero-order valence-corrected chi connectivity index (χ0v) is 16.2. The molecule has 144 valence electrons. The van der Waals surface area contributed by atoms with Crippen molar-refractivity contribution in [1.82, 2.24) is 19.4 Å². The van der Waals surface area contributed by atoms with Gasteiger partial charge in [0.2, 0.25) is 5.95 Å². The van der Waals surface area contributed by atoms with Gasteiger partial charge >= 0.3 is 0 Å². The van der Waals surface area contributed by atoms with Gasteiger partial charge in [0.1, 0.15) is 0 Å². The molecule has 0 amide bonds. The second kappa shape index (κ2) is 7.43. The first-order valence-electron chi connectivity index (χ1n) is 10.0. The molecular weight excluding hydrogens is 338 g/mol. The minimum Gasteiger partial charge on any atom is -0.368 e. The Bertz CT molecular complexity index is 844. The minimum absolute atomic E-state index is 0.163. The molecule has 6 nitrogen and oxygen atoms in total. The van der Waals surface area contributed by atoms with Gasteiger partial charge in [-0.15, -0.1) is 0 Å². The highest BCUT2D eigenvalue weighted by atomic mass is 16.1. The van der Waals surface area contributed by atoms with Crippen LogP contribution in [0.1, 0.15) is 56.3 Å². The summed E-state index contributed by atoms with van der Waals surface area (Å²) in [5.41, 5.74) is 8.08. The van der Waals surface area contributed by atoms with Gasteiger partial charge in [0.25, 0.3) is 5.56 Å². The Balaban J connectivity index is 1.60. The van der Waals surface area contributed by atoms with E-state index in [1.807, 2.05) is 18.5 Å². The van der Waals surface area contributed by atoms with E-state index in [4.69, 9.17) is 5.73 Å². The second-order valence-electron chi connectivity index (χ2n) is 8.53. The van der Waals surface area contributed by atoms with Crippen molar-refractivity contribution in [2.24, 2.45) is 11.8 Å². The van der Waals surface area contributed by atoms with Crippen LogP contribution in [0.25, 0.3) is 0 Å². The summed E-state index contributed by atoms with van der Waals surface area (Å²) >= 11 is 0. The van der Waals surface area contributed by atoms with Crippen molar-refractivity contribution < 1.29 is 0 Å². The van der Waals surface area contributed by atoms with Crippen LogP contribution in [0.5, 0.6) is 0 Å². The molecule has 0 radical (unpaired) electrons. The number of hydrogen-bond acceptors (Lipinski definition) is 5. The topological polar surface area (TPSA) is 77.0 Å². The standard InChI is InChI=1S/C21H29N5O/c1-14(2)6-7-19-17-8-16(18-4-3-5-20(27)26(18)19)12-25(13-17)11-15-9-23-21(22)24-10-15/h3-5,9-10,14,16-17,19H,6-8,11-13H2,1-2H3,(H2,22,23,24)/t16-,17+,19+/m1/s1. The molecule has 2 aromatic rings. The lowest BCUT2D eigenvalue weighted by Crippen LogP contribution is -2.49. The molecule has 6 heteroatoms. The fourth-order valence-corrected chi connectivity index (χ4v) is 4.84. The van der Waals surface area contributed by atoms with Crippen LogP contribution in [0.2, 0.25) is 0 Å². The van der Waals surface area contributed by atoms with E-state index in [0.717, 1.165) is 38.0 Å². The Morgan fingerprint density at radius 2 is 2.00 bits per heavy atom. The van der Waals surface area contributed by atoms with Crippen molar-refractivity contribution >= 4 is 5.95 Å². The number of nitrogen functional groups attached to an aromatic ring is 1. The summed E-state index contributed by atoms with van der Waals surface area (Å²) in [6.45, 7) is 7.34. The van der Waals surface area contributed by atoms with Crippen molar-refractivity contribution in [3.63, 3.8) is 0 Å². The van der Waals surface area contributed by atoms with Gasteiger partial charge in [-0.2, -0.15) is 0 Å². The molecule has 0 saturated carbocycles. The van der Waals surface area contributed by atoms with E-state index < -0.39 is 0 Å². The normalized spacial score (nSPS) is 24.8. The van der Waals surface area contributed by atoms with Crippen molar-refractivity contribution in [3.8, 4) is 0 Å². The molecule has 27 heavy (non-hydrogen) atoms. The van der Waals surface area contributed by atoms with E-state index in [9.17, 15) is 4.79 Å². The van der Waals surface area contributed by atoms with Crippen molar-refractivity contribution in [2.75, 3.05) is 18.8 Å². The second-order valence-corrected chi connectivity index (χ2v) is 8.53. The van der Waals surface area contributed by atoms with Gasteiger partial charge in [-0.1, -0.05) is 19.9 Å². The molecule has 2 aliphatic heterocycles. The zero-order chi connectivity index (χ0) is 19.0. The highest BCUT2D eigenvalue weighted by molar-refractivity contribution is 5.20. The summed E-state index contributed by atoms with van der Waals surface area (Å²) in [4.78, 5) is 23.4. The maximum atomic E-state index is 12.7. The average molecular weight is 367 g/mol. The lowest BCUT2D eigenvalue weighted by molar-refractivity contribution is 0.0797. The first kappa shape index (κ1) is 18.2. The van der Waals surface area contributed by atoms with E-state index in [2.05, 4.69) is 39.3 Å². The average Bonchev–Trinajstić information content (AvgIpc) is 2.64. The number of likely N-dealkylation sites (tertiary alicyclic amines) is 1. The lowest BCUT2D eigenvalue weighted by Gasteiger charge is -2.47. The molecule has 0 aromatic carbocycles. The third kappa shape index (κ3) is 3.76. The number of nitrogens with zero attached hydrogens (tertiary/aromatic N) is 4. The van der Waals surface area contributed by atoms with Gasteiger partial charge < -0.3 is 10.3 Å². The summed E-state index contributed by atoms with van der Waals surface area (Å²) in [7, 11) is 0. The number of hydrogen-bond donors (Lipinski definition) is 1. The smallest absolute Gasteiger partial charge is 0.250 e. The van der Waals surface area contributed by atoms with E-state index in [0.29, 0.717) is 29.7 Å². The molecule has 3 atom stereocenters. The van der Waals surface area contributed by atoms with Crippen molar-refractivity contribution in [2.45, 2.75) is 51.6 Å². The summed E-state index contributed by atoms with van der Waals surface area (Å²) in [5, 5.41) is 0. The first-order chi connectivity index (χ1) is 13.0. The zero-order valence-electron chi connectivity index (χ0n) is 16.2. The number of nitrogens with two attached hydrogens (primary N) is 1. The van der Waals surface area contributed by atoms with Crippen molar-refractivity contribution in [1.29, 1.82) is 0 Å². The molecule has 0 unspecified atom stereocenters. The van der Waals surface area contributed by atoms with Crippen LogP contribution in [-0.4, -0.2) is 32.5 Å². The predicted molar refractivity (Wildman–Crippen MR) is 106 cm³/mol. The lowest BCUT2D eigenvalue weighted by atomic mass is 9.76. The molecule has 4 heterocycles. The number of piperidine rings is 1. The third-order valence-corrected chi connectivity index (χ3v) is 6.05. The summed E-state index contributed by atoms with van der Waals surface area (Å²) in [6, 6.07) is 6.09. The SMILES string of the molecule is CC(C)CC[C@H]1[C@H]2C[C@H](CN(Cc3cnc(N)nc3)C2)c2cccc(=O)n21. The van der Waals surface area contributed by atoms with Gasteiger partial charge in [-0.25, -0.2) is 9.97 Å². The number of pyridine rings is 1. The van der Waals surface area contributed by atoms with Crippen LogP contribution in [0.4, 0.5) is 5.95 Å². The highest BCUT2D eigenvalue weighted by Gasteiger charge is 2.40. The molecule has 0 spiro atoms. The van der Waals surface area contributed by atoms with Crippen LogP contribution in [-0.2, 0) is 6.54 Å². The Kier molecular flexibility index (Phi) is 5.00. The van der Waals surface area contributed by atoms with E-state index >= 15 is 0 Å². The van der Waals surface area contributed by atoms with E-state index in [1.165, 1.54) is 12.1 Å². The Morgan fingerprint density at radius 1 is 1.22 bits per heavy atom. The Hall–Kier alpha value is -2.21. The number of rotatable bonds is 5. The largest absolute Gasteiger partial charge is 0.368 e. The van der Waals surface area contributed by atoms with Crippen LogP contribution in [0.3, 0.4) is 0 Å². The number of anilines is 1. The van der Waals surface area contributed by atoms with Gasteiger partial charge in [0, 0.05) is 61.3 Å². The quantitative estimate of drug-likeness (QED) is 0.879.